The average molecular weight is 333 g/mol. The van der Waals surface area contributed by atoms with E-state index in [1.165, 1.54) is 23.9 Å². The minimum absolute atomic E-state index is 0.0757. The largest absolute Gasteiger partial charge is 0.493 e. The number of hydrogen-bond donors (Lipinski definition) is 0. The van der Waals surface area contributed by atoms with Gasteiger partial charge in [0.05, 0.1) is 19.0 Å². The minimum Gasteiger partial charge on any atom is -0.493 e. The van der Waals surface area contributed by atoms with Crippen LogP contribution in [0.3, 0.4) is 0 Å². The highest BCUT2D eigenvalue weighted by Gasteiger charge is 2.12. The second kappa shape index (κ2) is 6.61. The van der Waals surface area contributed by atoms with Crippen LogP contribution in [0.1, 0.15) is 5.56 Å². The number of aromatic nitrogens is 3. The van der Waals surface area contributed by atoms with Gasteiger partial charge in [-0.25, -0.2) is 4.68 Å². The number of fused-ring (bicyclic) bond motifs is 1. The lowest BCUT2D eigenvalue weighted by atomic mass is 10.2. The number of methoxy groups -OCH3 is 1. The summed E-state index contributed by atoms with van der Waals surface area (Å²) in [4.78, 5) is 12.4. The van der Waals surface area contributed by atoms with Crippen molar-refractivity contribution in [3.8, 4) is 11.5 Å². The predicted octanol–water partition coefficient (Wildman–Crippen LogP) is 2.45. The maximum Gasteiger partial charge on any atom is 0.387 e. The third-order valence-electron chi connectivity index (χ3n) is 3.41. The SMILES string of the molecule is COc1cc(Cn2nnc3ccccc3c2=O)ccc1OC(F)F. The van der Waals surface area contributed by atoms with Crippen LogP contribution in [0.5, 0.6) is 11.5 Å². The maximum atomic E-state index is 12.4. The highest BCUT2D eigenvalue weighted by atomic mass is 19.3. The van der Waals surface area contributed by atoms with Gasteiger partial charge in [-0.1, -0.05) is 23.4 Å². The molecule has 6 nitrogen and oxygen atoms in total. The van der Waals surface area contributed by atoms with E-state index in [2.05, 4.69) is 15.0 Å². The normalized spacial score (nSPS) is 11.0. The molecule has 0 bridgehead atoms. The number of halogens is 2. The van der Waals surface area contributed by atoms with E-state index in [0.29, 0.717) is 16.5 Å². The van der Waals surface area contributed by atoms with Crippen molar-refractivity contribution in [2.75, 3.05) is 7.11 Å². The van der Waals surface area contributed by atoms with Gasteiger partial charge in [-0.15, -0.1) is 5.10 Å². The molecule has 0 N–H and O–H groups in total. The third-order valence-corrected chi connectivity index (χ3v) is 3.41. The lowest BCUT2D eigenvalue weighted by molar-refractivity contribution is -0.0512. The Bertz CT molecular complexity index is 928. The number of ether oxygens (including phenoxy) is 2. The van der Waals surface area contributed by atoms with Crippen molar-refractivity contribution in [3.63, 3.8) is 0 Å². The molecule has 0 aliphatic carbocycles. The monoisotopic (exact) mass is 333 g/mol. The average Bonchev–Trinajstić information content (AvgIpc) is 2.58. The van der Waals surface area contributed by atoms with Crippen LogP contribution in [-0.2, 0) is 6.54 Å². The molecule has 3 rings (SSSR count). The van der Waals surface area contributed by atoms with E-state index in [1.54, 1.807) is 30.3 Å². The fourth-order valence-electron chi connectivity index (χ4n) is 2.30. The fourth-order valence-corrected chi connectivity index (χ4v) is 2.30. The molecule has 0 saturated carbocycles. The van der Waals surface area contributed by atoms with Gasteiger partial charge in [0.2, 0.25) is 0 Å². The summed E-state index contributed by atoms with van der Waals surface area (Å²) in [7, 11) is 1.35. The molecule has 0 fully saturated rings. The zero-order valence-corrected chi connectivity index (χ0v) is 12.6. The predicted molar refractivity (Wildman–Crippen MR) is 82.5 cm³/mol. The van der Waals surface area contributed by atoms with Gasteiger partial charge in [0.25, 0.3) is 5.56 Å². The molecule has 1 aromatic heterocycles. The second-order valence-corrected chi connectivity index (χ2v) is 4.93. The second-order valence-electron chi connectivity index (χ2n) is 4.93. The van der Waals surface area contributed by atoms with Crippen molar-refractivity contribution in [1.82, 2.24) is 15.0 Å². The van der Waals surface area contributed by atoms with Crippen LogP contribution in [0.4, 0.5) is 8.78 Å². The van der Waals surface area contributed by atoms with Crippen molar-refractivity contribution in [3.05, 3.63) is 58.4 Å². The Morgan fingerprint density at radius 2 is 1.96 bits per heavy atom. The number of nitrogens with zero attached hydrogens (tertiary/aromatic N) is 3. The van der Waals surface area contributed by atoms with E-state index < -0.39 is 6.61 Å². The van der Waals surface area contributed by atoms with Crippen molar-refractivity contribution in [2.45, 2.75) is 13.2 Å². The Hall–Kier alpha value is -3.03. The molecule has 0 saturated heterocycles. The Balaban J connectivity index is 1.94. The molecular formula is C16H13F2N3O3. The standard InChI is InChI=1S/C16H13F2N3O3/c1-23-14-8-10(6-7-13(14)24-16(17)18)9-21-15(22)11-4-2-3-5-12(11)19-20-21/h2-8,16H,9H2,1H3. The summed E-state index contributed by atoms with van der Waals surface area (Å²) in [6.45, 7) is -2.82. The topological polar surface area (TPSA) is 66.2 Å². The van der Waals surface area contributed by atoms with Crippen LogP contribution < -0.4 is 15.0 Å². The number of rotatable bonds is 5. The zero-order valence-electron chi connectivity index (χ0n) is 12.6. The van der Waals surface area contributed by atoms with E-state index in [9.17, 15) is 13.6 Å². The summed E-state index contributed by atoms with van der Waals surface area (Å²) in [5.41, 5.74) is 0.865. The number of benzene rings is 2. The van der Waals surface area contributed by atoms with Crippen LogP contribution in [-0.4, -0.2) is 28.7 Å². The van der Waals surface area contributed by atoms with Gasteiger partial charge >= 0.3 is 6.61 Å². The molecule has 0 aliphatic heterocycles. The lowest BCUT2D eigenvalue weighted by Crippen LogP contribution is -2.24. The quantitative estimate of drug-likeness (QED) is 0.717. The van der Waals surface area contributed by atoms with Gasteiger partial charge in [0, 0.05) is 0 Å². The first-order chi connectivity index (χ1) is 11.6. The van der Waals surface area contributed by atoms with Gasteiger partial charge in [-0.05, 0) is 29.8 Å². The van der Waals surface area contributed by atoms with E-state index >= 15 is 0 Å². The number of alkyl halides is 2. The smallest absolute Gasteiger partial charge is 0.387 e. The van der Waals surface area contributed by atoms with Crippen LogP contribution in [0.2, 0.25) is 0 Å². The molecule has 3 aromatic rings. The zero-order chi connectivity index (χ0) is 17.1. The van der Waals surface area contributed by atoms with Gasteiger partial charge in [-0.3, -0.25) is 4.79 Å². The van der Waals surface area contributed by atoms with Crippen molar-refractivity contribution in [2.24, 2.45) is 0 Å². The molecule has 1 heterocycles. The first kappa shape index (κ1) is 15.9. The van der Waals surface area contributed by atoms with Crippen LogP contribution >= 0.6 is 0 Å². The Morgan fingerprint density at radius 1 is 1.17 bits per heavy atom. The molecule has 8 heteroatoms. The van der Waals surface area contributed by atoms with Crippen LogP contribution in [0.25, 0.3) is 10.9 Å². The van der Waals surface area contributed by atoms with E-state index in [4.69, 9.17) is 4.74 Å². The Morgan fingerprint density at radius 3 is 2.71 bits per heavy atom. The Kier molecular flexibility index (Phi) is 4.37. The van der Waals surface area contributed by atoms with Crippen LogP contribution in [0.15, 0.2) is 47.3 Å². The molecule has 0 unspecified atom stereocenters. The fraction of sp³-hybridized carbons (Fsp3) is 0.188. The minimum atomic E-state index is -2.95. The summed E-state index contributed by atoms with van der Waals surface area (Å²) in [6.07, 6.45) is 0. The first-order valence-electron chi connectivity index (χ1n) is 7.03. The molecule has 0 radical (unpaired) electrons. The molecule has 0 spiro atoms. The third kappa shape index (κ3) is 3.17. The molecular weight excluding hydrogens is 320 g/mol. The van der Waals surface area contributed by atoms with E-state index in [1.807, 2.05) is 0 Å². The van der Waals surface area contributed by atoms with Gasteiger partial charge in [-0.2, -0.15) is 8.78 Å². The summed E-state index contributed by atoms with van der Waals surface area (Å²) in [6, 6.07) is 11.3. The molecule has 2 aromatic carbocycles. The molecule has 0 atom stereocenters. The van der Waals surface area contributed by atoms with Crippen molar-refractivity contribution in [1.29, 1.82) is 0 Å². The molecule has 24 heavy (non-hydrogen) atoms. The summed E-state index contributed by atoms with van der Waals surface area (Å²) >= 11 is 0. The summed E-state index contributed by atoms with van der Waals surface area (Å²) in [5, 5.41) is 8.34. The maximum absolute atomic E-state index is 12.4. The highest BCUT2D eigenvalue weighted by molar-refractivity contribution is 5.76. The number of hydrogen-bond acceptors (Lipinski definition) is 5. The summed E-state index contributed by atoms with van der Waals surface area (Å²) in [5.74, 6) is 0.0720. The van der Waals surface area contributed by atoms with E-state index in [0.717, 1.165) is 0 Å². The van der Waals surface area contributed by atoms with Gasteiger partial charge in [0.15, 0.2) is 11.5 Å². The van der Waals surface area contributed by atoms with Crippen molar-refractivity contribution < 1.29 is 18.3 Å². The summed E-state index contributed by atoms with van der Waals surface area (Å²) < 4.78 is 35.3. The molecule has 124 valence electrons. The molecule has 0 amide bonds. The Labute approximate surface area is 135 Å². The lowest BCUT2D eigenvalue weighted by Gasteiger charge is -2.11. The highest BCUT2D eigenvalue weighted by Crippen LogP contribution is 2.29. The van der Waals surface area contributed by atoms with Gasteiger partial charge < -0.3 is 9.47 Å². The van der Waals surface area contributed by atoms with E-state index in [-0.39, 0.29) is 23.6 Å². The van der Waals surface area contributed by atoms with Crippen LogP contribution in [0, 0.1) is 0 Å². The molecule has 0 aliphatic rings. The van der Waals surface area contributed by atoms with Crippen molar-refractivity contribution >= 4 is 10.9 Å². The van der Waals surface area contributed by atoms with Gasteiger partial charge in [0.1, 0.15) is 5.52 Å². The first-order valence-corrected chi connectivity index (χ1v) is 7.03.